The lowest BCUT2D eigenvalue weighted by Gasteiger charge is -1.94. The van der Waals surface area contributed by atoms with E-state index in [1.807, 2.05) is 30.3 Å². The standard InChI is InChI=1S/C12H10N2O3/c15-12(16)7-6-10-13-14-11(17-10)8-9-4-2-1-3-5-9/h1-7H,8H2,(H,15,16)/b7-6+. The van der Waals surface area contributed by atoms with Gasteiger partial charge in [0.05, 0.1) is 6.42 Å². The summed E-state index contributed by atoms with van der Waals surface area (Å²) in [5, 5.41) is 16.0. The van der Waals surface area contributed by atoms with Crippen LogP contribution in [-0.2, 0) is 11.2 Å². The summed E-state index contributed by atoms with van der Waals surface area (Å²) in [7, 11) is 0. The van der Waals surface area contributed by atoms with Crippen molar-refractivity contribution in [3.8, 4) is 0 Å². The van der Waals surface area contributed by atoms with Gasteiger partial charge in [0, 0.05) is 12.2 Å². The number of hydrogen-bond acceptors (Lipinski definition) is 4. The van der Waals surface area contributed by atoms with Crippen molar-refractivity contribution in [2.75, 3.05) is 0 Å². The van der Waals surface area contributed by atoms with Crippen molar-refractivity contribution in [1.29, 1.82) is 0 Å². The second-order valence-electron chi connectivity index (χ2n) is 3.37. The summed E-state index contributed by atoms with van der Waals surface area (Å²) < 4.78 is 5.27. The van der Waals surface area contributed by atoms with Crippen LogP contribution in [0.3, 0.4) is 0 Å². The van der Waals surface area contributed by atoms with Crippen LogP contribution in [0.2, 0.25) is 0 Å². The van der Waals surface area contributed by atoms with Gasteiger partial charge in [-0.15, -0.1) is 10.2 Å². The summed E-state index contributed by atoms with van der Waals surface area (Å²) in [6.07, 6.45) is 2.76. The molecule has 1 aromatic carbocycles. The highest BCUT2D eigenvalue weighted by Crippen LogP contribution is 2.08. The Morgan fingerprint density at radius 2 is 2.06 bits per heavy atom. The van der Waals surface area contributed by atoms with E-state index in [1.54, 1.807) is 0 Å². The van der Waals surface area contributed by atoms with Crippen LogP contribution < -0.4 is 0 Å². The van der Waals surface area contributed by atoms with Crippen LogP contribution in [0.1, 0.15) is 17.3 Å². The van der Waals surface area contributed by atoms with E-state index < -0.39 is 5.97 Å². The van der Waals surface area contributed by atoms with E-state index in [1.165, 1.54) is 6.08 Å². The summed E-state index contributed by atoms with van der Waals surface area (Å²) in [4.78, 5) is 10.3. The maximum absolute atomic E-state index is 10.3. The SMILES string of the molecule is O=C(O)/C=C/c1nnc(Cc2ccccc2)o1. The van der Waals surface area contributed by atoms with Gasteiger partial charge < -0.3 is 9.52 Å². The molecular weight excluding hydrogens is 220 g/mol. The van der Waals surface area contributed by atoms with Crippen LogP contribution in [0.4, 0.5) is 0 Å². The van der Waals surface area contributed by atoms with Gasteiger partial charge in [0.1, 0.15) is 0 Å². The number of rotatable bonds is 4. The van der Waals surface area contributed by atoms with Crippen molar-refractivity contribution in [2.45, 2.75) is 6.42 Å². The molecule has 0 saturated heterocycles. The zero-order valence-corrected chi connectivity index (χ0v) is 8.91. The minimum atomic E-state index is -1.05. The third kappa shape index (κ3) is 3.27. The topological polar surface area (TPSA) is 76.2 Å². The van der Waals surface area contributed by atoms with Gasteiger partial charge in [-0.1, -0.05) is 30.3 Å². The third-order valence-corrected chi connectivity index (χ3v) is 2.05. The first-order valence-corrected chi connectivity index (χ1v) is 5.01. The Labute approximate surface area is 97.4 Å². The largest absolute Gasteiger partial charge is 0.478 e. The molecule has 1 N–H and O–H groups in total. The molecular formula is C12H10N2O3. The van der Waals surface area contributed by atoms with Gasteiger partial charge >= 0.3 is 5.97 Å². The van der Waals surface area contributed by atoms with Gasteiger partial charge in [-0.2, -0.15) is 0 Å². The first-order chi connectivity index (χ1) is 8.24. The van der Waals surface area contributed by atoms with E-state index >= 15 is 0 Å². The van der Waals surface area contributed by atoms with Gasteiger partial charge in [-0.25, -0.2) is 4.79 Å². The molecule has 17 heavy (non-hydrogen) atoms. The van der Waals surface area contributed by atoms with Crippen molar-refractivity contribution in [3.05, 3.63) is 53.8 Å². The molecule has 0 spiro atoms. The number of carboxylic acid groups (broad SMARTS) is 1. The molecule has 0 aliphatic heterocycles. The quantitative estimate of drug-likeness (QED) is 0.810. The molecule has 86 valence electrons. The number of aromatic nitrogens is 2. The van der Waals surface area contributed by atoms with Crippen molar-refractivity contribution >= 4 is 12.0 Å². The summed E-state index contributed by atoms with van der Waals surface area (Å²) in [6, 6.07) is 9.69. The molecule has 1 heterocycles. The van der Waals surface area contributed by atoms with E-state index in [0.717, 1.165) is 11.6 Å². The maximum atomic E-state index is 10.3. The molecule has 1 aromatic heterocycles. The van der Waals surface area contributed by atoms with Gasteiger partial charge in [0.25, 0.3) is 0 Å². The first-order valence-electron chi connectivity index (χ1n) is 5.01. The minimum absolute atomic E-state index is 0.193. The highest BCUT2D eigenvalue weighted by Gasteiger charge is 2.04. The molecule has 5 nitrogen and oxygen atoms in total. The number of hydrogen-bond donors (Lipinski definition) is 1. The predicted octanol–water partition coefficient (Wildman–Crippen LogP) is 1.76. The number of carbonyl (C=O) groups is 1. The average Bonchev–Trinajstić information content (AvgIpc) is 2.75. The van der Waals surface area contributed by atoms with Crippen molar-refractivity contribution in [1.82, 2.24) is 10.2 Å². The Hall–Kier alpha value is -2.43. The molecule has 0 atom stereocenters. The molecule has 2 rings (SSSR count). The van der Waals surface area contributed by atoms with E-state index in [9.17, 15) is 4.79 Å². The Bertz CT molecular complexity index is 532. The summed E-state index contributed by atoms with van der Waals surface area (Å²) in [5.74, 6) is -0.396. The fourth-order valence-corrected chi connectivity index (χ4v) is 1.32. The first kappa shape index (κ1) is 11.1. The molecule has 0 fully saturated rings. The van der Waals surface area contributed by atoms with E-state index in [4.69, 9.17) is 9.52 Å². The lowest BCUT2D eigenvalue weighted by molar-refractivity contribution is -0.131. The van der Waals surface area contributed by atoms with Crippen molar-refractivity contribution < 1.29 is 14.3 Å². The predicted molar refractivity (Wildman–Crippen MR) is 60.2 cm³/mol. The fourth-order valence-electron chi connectivity index (χ4n) is 1.32. The molecule has 2 aromatic rings. The van der Waals surface area contributed by atoms with Crippen LogP contribution in [0.5, 0.6) is 0 Å². The van der Waals surface area contributed by atoms with E-state index in [2.05, 4.69) is 10.2 Å². The van der Waals surface area contributed by atoms with Gasteiger partial charge in [-0.3, -0.25) is 0 Å². The second kappa shape index (κ2) is 5.07. The second-order valence-corrected chi connectivity index (χ2v) is 3.37. The van der Waals surface area contributed by atoms with Crippen LogP contribution in [-0.4, -0.2) is 21.3 Å². The number of benzene rings is 1. The third-order valence-electron chi connectivity index (χ3n) is 2.05. The highest BCUT2D eigenvalue weighted by molar-refractivity contribution is 5.84. The monoisotopic (exact) mass is 230 g/mol. The maximum Gasteiger partial charge on any atom is 0.328 e. The average molecular weight is 230 g/mol. The lowest BCUT2D eigenvalue weighted by atomic mass is 10.2. The van der Waals surface area contributed by atoms with Crippen LogP contribution in [0.15, 0.2) is 40.8 Å². The van der Waals surface area contributed by atoms with Gasteiger partial charge in [0.15, 0.2) is 0 Å². The normalized spacial score (nSPS) is 10.8. The molecule has 0 aliphatic rings. The van der Waals surface area contributed by atoms with Gasteiger partial charge in [-0.05, 0) is 5.56 Å². The molecule has 0 bridgehead atoms. The Balaban J connectivity index is 2.06. The fraction of sp³-hybridized carbons (Fsp3) is 0.0833. The number of nitrogens with zero attached hydrogens (tertiary/aromatic N) is 2. The Morgan fingerprint density at radius 3 is 2.76 bits per heavy atom. The lowest BCUT2D eigenvalue weighted by Crippen LogP contribution is -1.87. The Kier molecular flexibility index (Phi) is 3.30. The minimum Gasteiger partial charge on any atom is -0.478 e. The zero-order chi connectivity index (χ0) is 12.1. The number of carboxylic acids is 1. The number of aliphatic carboxylic acids is 1. The van der Waals surface area contributed by atoms with E-state index in [-0.39, 0.29) is 5.89 Å². The van der Waals surface area contributed by atoms with Crippen molar-refractivity contribution in [2.24, 2.45) is 0 Å². The highest BCUT2D eigenvalue weighted by atomic mass is 16.4. The van der Waals surface area contributed by atoms with Crippen LogP contribution in [0.25, 0.3) is 6.08 Å². The van der Waals surface area contributed by atoms with Crippen molar-refractivity contribution in [3.63, 3.8) is 0 Å². The summed E-state index contributed by atoms with van der Waals surface area (Å²) in [6.45, 7) is 0. The molecule has 0 radical (unpaired) electrons. The molecule has 0 aliphatic carbocycles. The molecule has 0 saturated carbocycles. The van der Waals surface area contributed by atoms with Gasteiger partial charge in [0.2, 0.25) is 11.8 Å². The zero-order valence-electron chi connectivity index (χ0n) is 8.91. The molecule has 5 heteroatoms. The smallest absolute Gasteiger partial charge is 0.328 e. The summed E-state index contributed by atoms with van der Waals surface area (Å²) >= 11 is 0. The molecule has 0 unspecified atom stereocenters. The summed E-state index contributed by atoms with van der Waals surface area (Å²) in [5.41, 5.74) is 1.06. The Morgan fingerprint density at radius 1 is 1.29 bits per heavy atom. The van der Waals surface area contributed by atoms with Crippen LogP contribution in [0, 0.1) is 0 Å². The molecule has 0 amide bonds. The van der Waals surface area contributed by atoms with Crippen LogP contribution >= 0.6 is 0 Å². The van der Waals surface area contributed by atoms with E-state index in [0.29, 0.717) is 12.3 Å².